The minimum Gasteiger partial charge on any atom is -0.305 e. The van der Waals surface area contributed by atoms with Crippen LogP contribution in [0.1, 0.15) is 10.4 Å². The van der Waals surface area contributed by atoms with Crippen LogP contribution in [0, 0.1) is 0 Å². The van der Waals surface area contributed by atoms with Gasteiger partial charge in [0.25, 0.3) is 5.91 Å². The zero-order chi connectivity index (χ0) is 11.4. The standard InChI is InChI=1S/C10H7BrN4O/c11-8-4-7(5-12-6-8)10(16)14-9-2-1-3-13-15-9/h1-6H,(H,14,15,16). The number of carbonyl (C=O) groups excluding carboxylic acids is 1. The second kappa shape index (κ2) is 4.80. The summed E-state index contributed by atoms with van der Waals surface area (Å²) < 4.78 is 0.749. The predicted molar refractivity (Wildman–Crippen MR) is 61.9 cm³/mol. The van der Waals surface area contributed by atoms with Gasteiger partial charge in [-0.3, -0.25) is 9.78 Å². The van der Waals surface area contributed by atoms with Crippen LogP contribution in [0.4, 0.5) is 5.82 Å². The first-order chi connectivity index (χ1) is 7.75. The van der Waals surface area contributed by atoms with Gasteiger partial charge in [-0.15, -0.1) is 5.10 Å². The molecule has 1 amide bonds. The summed E-state index contributed by atoms with van der Waals surface area (Å²) in [6, 6.07) is 5.04. The maximum absolute atomic E-state index is 11.7. The molecular weight excluding hydrogens is 272 g/mol. The van der Waals surface area contributed by atoms with Crippen LogP contribution in [0.2, 0.25) is 0 Å². The van der Waals surface area contributed by atoms with E-state index in [0.717, 1.165) is 4.47 Å². The lowest BCUT2D eigenvalue weighted by molar-refractivity contribution is 0.102. The monoisotopic (exact) mass is 278 g/mol. The van der Waals surface area contributed by atoms with Crippen LogP contribution >= 0.6 is 15.9 Å². The van der Waals surface area contributed by atoms with E-state index in [1.807, 2.05) is 0 Å². The van der Waals surface area contributed by atoms with Crippen molar-refractivity contribution in [3.05, 3.63) is 46.8 Å². The predicted octanol–water partition coefficient (Wildman–Crippen LogP) is 1.89. The van der Waals surface area contributed by atoms with E-state index in [1.165, 1.54) is 12.4 Å². The van der Waals surface area contributed by atoms with Crippen LogP contribution in [0.25, 0.3) is 0 Å². The highest BCUT2D eigenvalue weighted by Crippen LogP contribution is 2.10. The molecule has 2 aromatic heterocycles. The summed E-state index contributed by atoms with van der Waals surface area (Å²) in [5.74, 6) is 0.141. The van der Waals surface area contributed by atoms with E-state index in [1.54, 1.807) is 24.4 Å². The topological polar surface area (TPSA) is 67.8 Å². The van der Waals surface area contributed by atoms with Gasteiger partial charge >= 0.3 is 0 Å². The van der Waals surface area contributed by atoms with E-state index in [-0.39, 0.29) is 5.91 Å². The lowest BCUT2D eigenvalue weighted by Crippen LogP contribution is -2.13. The smallest absolute Gasteiger partial charge is 0.258 e. The highest BCUT2D eigenvalue weighted by molar-refractivity contribution is 9.10. The Bertz CT molecular complexity index is 503. The molecule has 1 N–H and O–H groups in total. The Kier molecular flexibility index (Phi) is 3.21. The molecular formula is C10H7BrN4O. The molecule has 0 unspecified atom stereocenters. The van der Waals surface area contributed by atoms with E-state index in [4.69, 9.17) is 0 Å². The molecule has 0 spiro atoms. The van der Waals surface area contributed by atoms with E-state index in [2.05, 4.69) is 36.4 Å². The van der Waals surface area contributed by atoms with Gasteiger partial charge in [0, 0.05) is 23.1 Å². The second-order valence-corrected chi connectivity index (χ2v) is 3.87. The molecule has 16 heavy (non-hydrogen) atoms. The number of carbonyl (C=O) groups is 1. The number of hydrogen-bond donors (Lipinski definition) is 1. The van der Waals surface area contributed by atoms with Crippen molar-refractivity contribution in [1.82, 2.24) is 15.2 Å². The Morgan fingerprint density at radius 1 is 1.38 bits per heavy atom. The molecule has 80 valence electrons. The molecule has 0 radical (unpaired) electrons. The molecule has 2 rings (SSSR count). The third-order valence-corrected chi connectivity index (χ3v) is 2.21. The molecule has 5 nitrogen and oxygen atoms in total. The third kappa shape index (κ3) is 2.60. The van der Waals surface area contributed by atoms with Gasteiger partial charge in [0.2, 0.25) is 0 Å². The quantitative estimate of drug-likeness (QED) is 0.911. The van der Waals surface area contributed by atoms with Crippen LogP contribution in [-0.2, 0) is 0 Å². The van der Waals surface area contributed by atoms with Crippen LogP contribution in [0.5, 0.6) is 0 Å². The van der Waals surface area contributed by atoms with E-state index >= 15 is 0 Å². The summed E-state index contributed by atoms with van der Waals surface area (Å²) in [6.45, 7) is 0. The van der Waals surface area contributed by atoms with Gasteiger partial charge in [-0.25, -0.2) is 0 Å². The second-order valence-electron chi connectivity index (χ2n) is 2.95. The van der Waals surface area contributed by atoms with Gasteiger partial charge in [0.1, 0.15) is 0 Å². The summed E-state index contributed by atoms with van der Waals surface area (Å²) in [5.41, 5.74) is 0.458. The van der Waals surface area contributed by atoms with Gasteiger partial charge in [-0.1, -0.05) is 0 Å². The van der Waals surface area contributed by atoms with Crippen molar-refractivity contribution in [3.63, 3.8) is 0 Å². The summed E-state index contributed by atoms with van der Waals surface area (Å²) in [7, 11) is 0. The Hall–Kier alpha value is -1.82. The van der Waals surface area contributed by atoms with Crippen molar-refractivity contribution in [1.29, 1.82) is 0 Å². The number of nitrogens with zero attached hydrogens (tertiary/aromatic N) is 3. The number of anilines is 1. The lowest BCUT2D eigenvalue weighted by Gasteiger charge is -2.02. The van der Waals surface area contributed by atoms with E-state index < -0.39 is 0 Å². The number of rotatable bonds is 2. The molecule has 0 saturated heterocycles. The Labute approximate surface area is 100 Å². The fourth-order valence-electron chi connectivity index (χ4n) is 1.09. The van der Waals surface area contributed by atoms with Crippen LogP contribution < -0.4 is 5.32 Å². The highest BCUT2D eigenvalue weighted by Gasteiger charge is 2.07. The van der Waals surface area contributed by atoms with Crippen molar-refractivity contribution in [2.24, 2.45) is 0 Å². The van der Waals surface area contributed by atoms with Gasteiger partial charge in [-0.2, -0.15) is 5.10 Å². The molecule has 0 aromatic carbocycles. The Morgan fingerprint density at radius 3 is 2.94 bits per heavy atom. The molecule has 6 heteroatoms. The number of hydrogen-bond acceptors (Lipinski definition) is 4. The number of pyridine rings is 1. The lowest BCUT2D eigenvalue weighted by atomic mass is 10.3. The number of amides is 1. The Morgan fingerprint density at radius 2 is 2.25 bits per heavy atom. The molecule has 2 heterocycles. The number of aromatic nitrogens is 3. The maximum Gasteiger partial charge on any atom is 0.258 e. The van der Waals surface area contributed by atoms with Gasteiger partial charge in [0.15, 0.2) is 5.82 Å². The van der Waals surface area contributed by atoms with Crippen molar-refractivity contribution in [2.75, 3.05) is 5.32 Å². The largest absolute Gasteiger partial charge is 0.305 e. The molecule has 0 aliphatic heterocycles. The number of nitrogens with one attached hydrogen (secondary N) is 1. The molecule has 0 fully saturated rings. The molecule has 0 aliphatic carbocycles. The zero-order valence-corrected chi connectivity index (χ0v) is 9.68. The first-order valence-electron chi connectivity index (χ1n) is 4.45. The fraction of sp³-hybridized carbons (Fsp3) is 0. The summed E-state index contributed by atoms with van der Waals surface area (Å²) in [6.07, 6.45) is 4.63. The maximum atomic E-state index is 11.7. The van der Waals surface area contributed by atoms with Gasteiger partial charge in [0.05, 0.1) is 5.56 Å². The van der Waals surface area contributed by atoms with Crippen LogP contribution in [-0.4, -0.2) is 21.1 Å². The van der Waals surface area contributed by atoms with E-state index in [0.29, 0.717) is 11.4 Å². The summed E-state index contributed by atoms with van der Waals surface area (Å²) in [4.78, 5) is 15.6. The third-order valence-electron chi connectivity index (χ3n) is 1.78. The van der Waals surface area contributed by atoms with Crippen molar-refractivity contribution in [2.45, 2.75) is 0 Å². The SMILES string of the molecule is O=C(Nc1cccnn1)c1cncc(Br)c1. The minimum absolute atomic E-state index is 0.269. The van der Waals surface area contributed by atoms with Gasteiger partial charge in [-0.05, 0) is 34.1 Å². The highest BCUT2D eigenvalue weighted by atomic mass is 79.9. The molecule has 0 aliphatic rings. The number of halogens is 1. The fourth-order valence-corrected chi connectivity index (χ4v) is 1.46. The summed E-state index contributed by atoms with van der Waals surface area (Å²) in [5, 5.41) is 10.0. The minimum atomic E-state index is -0.269. The van der Waals surface area contributed by atoms with Crippen molar-refractivity contribution < 1.29 is 4.79 Å². The molecule has 0 atom stereocenters. The average molecular weight is 279 g/mol. The summed E-state index contributed by atoms with van der Waals surface area (Å²) >= 11 is 3.25. The molecule has 2 aromatic rings. The van der Waals surface area contributed by atoms with Crippen LogP contribution in [0.15, 0.2) is 41.3 Å². The van der Waals surface area contributed by atoms with Gasteiger partial charge < -0.3 is 5.32 Å². The normalized spacial score (nSPS) is 9.81. The van der Waals surface area contributed by atoms with Crippen LogP contribution in [0.3, 0.4) is 0 Å². The van der Waals surface area contributed by atoms with Crippen molar-refractivity contribution in [3.8, 4) is 0 Å². The zero-order valence-electron chi connectivity index (χ0n) is 8.09. The average Bonchev–Trinajstić information content (AvgIpc) is 2.30. The Balaban J connectivity index is 2.15. The molecule has 0 saturated carbocycles. The van der Waals surface area contributed by atoms with E-state index in [9.17, 15) is 4.79 Å². The first-order valence-corrected chi connectivity index (χ1v) is 5.24. The first kappa shape index (κ1) is 10.7. The van der Waals surface area contributed by atoms with Crippen molar-refractivity contribution >= 4 is 27.7 Å². The molecule has 0 bridgehead atoms.